The van der Waals surface area contributed by atoms with Crippen molar-refractivity contribution >= 4 is 0 Å². The third-order valence-corrected chi connectivity index (χ3v) is 11.0. The minimum Gasteiger partial charge on any atom is -0.396 e. The molecular weight excluding hydrogens is 320 g/mol. The van der Waals surface area contributed by atoms with E-state index in [1.165, 1.54) is 51.4 Å². The van der Waals surface area contributed by atoms with Crippen molar-refractivity contribution in [3.05, 3.63) is 0 Å². The monoisotopic (exact) mass is 362 g/mol. The van der Waals surface area contributed by atoms with E-state index in [1.807, 2.05) is 0 Å². The second-order valence-corrected chi connectivity index (χ2v) is 12.0. The highest BCUT2D eigenvalue weighted by Gasteiger charge is 2.66. The van der Waals surface area contributed by atoms with E-state index in [0.29, 0.717) is 34.7 Å². The highest BCUT2D eigenvalue weighted by Crippen LogP contribution is 2.73. The zero-order chi connectivity index (χ0) is 19.0. The van der Waals surface area contributed by atoms with Crippen LogP contribution >= 0.6 is 0 Å². The largest absolute Gasteiger partial charge is 0.396 e. The lowest BCUT2D eigenvalue weighted by Crippen LogP contribution is -2.63. The van der Waals surface area contributed by atoms with Gasteiger partial charge >= 0.3 is 0 Å². The van der Waals surface area contributed by atoms with Gasteiger partial charge in [0.05, 0.1) is 6.10 Å². The SMILES string of the molecule is CC1C(O)CCC2(C)C1CCC1(C)C2CCC2CC(C)(CO)CC[C@]21C. The van der Waals surface area contributed by atoms with E-state index in [0.717, 1.165) is 18.3 Å². The summed E-state index contributed by atoms with van der Waals surface area (Å²) in [5.41, 5.74) is 1.42. The fourth-order valence-electron chi connectivity index (χ4n) is 8.86. The molecule has 2 N–H and O–H groups in total. The Bertz CT molecular complexity index is 560. The zero-order valence-corrected chi connectivity index (χ0v) is 17.9. The van der Waals surface area contributed by atoms with E-state index in [4.69, 9.17) is 0 Å². The molecule has 0 amide bonds. The van der Waals surface area contributed by atoms with E-state index in [1.54, 1.807) is 0 Å². The number of fused-ring (bicyclic) bond motifs is 5. The molecule has 0 aromatic carbocycles. The van der Waals surface area contributed by atoms with Crippen molar-refractivity contribution < 1.29 is 10.2 Å². The van der Waals surface area contributed by atoms with E-state index in [-0.39, 0.29) is 11.5 Å². The van der Waals surface area contributed by atoms with E-state index >= 15 is 0 Å². The van der Waals surface area contributed by atoms with Gasteiger partial charge in [0.15, 0.2) is 0 Å². The summed E-state index contributed by atoms with van der Waals surface area (Å²) in [6.07, 6.45) is 11.2. The summed E-state index contributed by atoms with van der Waals surface area (Å²) in [6, 6.07) is 0. The standard InChI is InChI=1S/C24H42O2/c1-16-18-8-11-24(5)20(22(18,3)10-9-19(16)26)7-6-17-14-21(2,15-25)12-13-23(17,24)4/h16-20,25-26H,6-15H2,1-5H3/t16?,17?,18?,19?,20?,21?,22?,23-,24?/m1/s1. The van der Waals surface area contributed by atoms with Gasteiger partial charge in [0.2, 0.25) is 0 Å². The van der Waals surface area contributed by atoms with Crippen LogP contribution in [0.15, 0.2) is 0 Å². The lowest BCUT2D eigenvalue weighted by atomic mass is 9.34. The second-order valence-electron chi connectivity index (χ2n) is 12.0. The van der Waals surface area contributed by atoms with Gasteiger partial charge in [-0.25, -0.2) is 0 Å². The van der Waals surface area contributed by atoms with Crippen molar-refractivity contribution in [2.24, 2.45) is 45.3 Å². The molecule has 0 heterocycles. The first-order chi connectivity index (χ1) is 12.1. The van der Waals surface area contributed by atoms with Gasteiger partial charge in [-0.05, 0) is 103 Å². The van der Waals surface area contributed by atoms with Crippen LogP contribution in [-0.4, -0.2) is 22.9 Å². The van der Waals surface area contributed by atoms with E-state index < -0.39 is 0 Å². The highest BCUT2D eigenvalue weighted by molar-refractivity contribution is 5.15. The summed E-state index contributed by atoms with van der Waals surface area (Å²) >= 11 is 0. The van der Waals surface area contributed by atoms with Crippen LogP contribution in [0.3, 0.4) is 0 Å². The Balaban J connectivity index is 1.67. The maximum atomic E-state index is 10.5. The van der Waals surface area contributed by atoms with Gasteiger partial charge in [0, 0.05) is 6.61 Å². The smallest absolute Gasteiger partial charge is 0.0568 e. The topological polar surface area (TPSA) is 40.5 Å². The predicted molar refractivity (Wildman–Crippen MR) is 107 cm³/mol. The lowest BCUT2D eigenvalue weighted by molar-refractivity contribution is -0.223. The first-order valence-electron chi connectivity index (χ1n) is 11.4. The van der Waals surface area contributed by atoms with Crippen LogP contribution in [-0.2, 0) is 0 Å². The molecule has 0 radical (unpaired) electrons. The Labute approximate surface area is 161 Å². The van der Waals surface area contributed by atoms with E-state index in [9.17, 15) is 10.2 Å². The number of hydrogen-bond acceptors (Lipinski definition) is 2. The molecule has 0 aromatic rings. The molecule has 150 valence electrons. The van der Waals surface area contributed by atoms with Gasteiger partial charge < -0.3 is 10.2 Å². The minimum atomic E-state index is -0.0794. The molecule has 4 aliphatic rings. The molecule has 0 aliphatic heterocycles. The summed E-state index contributed by atoms with van der Waals surface area (Å²) in [6.45, 7) is 12.8. The van der Waals surface area contributed by atoms with Crippen molar-refractivity contribution in [1.29, 1.82) is 0 Å². The van der Waals surface area contributed by atoms with E-state index in [2.05, 4.69) is 34.6 Å². The Morgan fingerprint density at radius 1 is 0.846 bits per heavy atom. The first-order valence-corrected chi connectivity index (χ1v) is 11.4. The van der Waals surface area contributed by atoms with Crippen molar-refractivity contribution in [3.8, 4) is 0 Å². The molecule has 0 bridgehead atoms. The molecule has 0 spiro atoms. The molecule has 9 atom stereocenters. The summed E-state index contributed by atoms with van der Waals surface area (Å²) in [7, 11) is 0. The predicted octanol–water partition coefficient (Wildman–Crippen LogP) is 5.41. The highest BCUT2D eigenvalue weighted by atomic mass is 16.3. The zero-order valence-electron chi connectivity index (χ0n) is 17.9. The number of rotatable bonds is 1. The fourth-order valence-corrected chi connectivity index (χ4v) is 8.86. The summed E-state index contributed by atoms with van der Waals surface area (Å²) in [4.78, 5) is 0. The van der Waals surface area contributed by atoms with Gasteiger partial charge in [0.25, 0.3) is 0 Å². The van der Waals surface area contributed by atoms with Crippen LogP contribution in [0.4, 0.5) is 0 Å². The summed E-state index contributed by atoms with van der Waals surface area (Å²) < 4.78 is 0. The molecule has 4 saturated carbocycles. The summed E-state index contributed by atoms with van der Waals surface area (Å²) in [5.74, 6) is 2.76. The minimum absolute atomic E-state index is 0.0794. The summed E-state index contributed by atoms with van der Waals surface area (Å²) in [5, 5.41) is 20.4. The van der Waals surface area contributed by atoms with Crippen LogP contribution in [0.2, 0.25) is 0 Å². The quantitative estimate of drug-likeness (QED) is 0.654. The maximum absolute atomic E-state index is 10.5. The van der Waals surface area contributed by atoms with Gasteiger partial charge in [-0.2, -0.15) is 0 Å². The lowest BCUT2D eigenvalue weighted by Gasteiger charge is -2.70. The van der Waals surface area contributed by atoms with Gasteiger partial charge in [-0.3, -0.25) is 0 Å². The van der Waals surface area contributed by atoms with Crippen LogP contribution < -0.4 is 0 Å². The fraction of sp³-hybridized carbons (Fsp3) is 1.00. The molecule has 0 aromatic heterocycles. The van der Waals surface area contributed by atoms with Crippen LogP contribution in [0, 0.1) is 45.3 Å². The van der Waals surface area contributed by atoms with Crippen LogP contribution in [0.25, 0.3) is 0 Å². The molecule has 2 nitrogen and oxygen atoms in total. The molecular formula is C24H42O2. The van der Waals surface area contributed by atoms with Crippen LogP contribution in [0.5, 0.6) is 0 Å². The normalized spacial score (nSPS) is 59.9. The van der Waals surface area contributed by atoms with Gasteiger partial charge in [-0.15, -0.1) is 0 Å². The average Bonchev–Trinajstić information content (AvgIpc) is 2.60. The Morgan fingerprint density at radius 2 is 1.58 bits per heavy atom. The number of hydrogen-bond donors (Lipinski definition) is 2. The Kier molecular flexibility index (Phi) is 4.41. The van der Waals surface area contributed by atoms with Crippen molar-refractivity contribution in [2.75, 3.05) is 6.61 Å². The third kappa shape index (κ3) is 2.36. The molecule has 26 heavy (non-hydrogen) atoms. The van der Waals surface area contributed by atoms with Gasteiger partial charge in [-0.1, -0.05) is 34.6 Å². The Morgan fingerprint density at radius 3 is 2.27 bits per heavy atom. The van der Waals surface area contributed by atoms with Gasteiger partial charge in [0.1, 0.15) is 0 Å². The second kappa shape index (κ2) is 5.96. The Hall–Kier alpha value is -0.0800. The molecule has 8 unspecified atom stereocenters. The number of aliphatic hydroxyl groups is 2. The molecule has 4 aliphatic carbocycles. The average molecular weight is 363 g/mol. The molecule has 4 fully saturated rings. The van der Waals surface area contributed by atoms with Crippen molar-refractivity contribution in [1.82, 2.24) is 0 Å². The van der Waals surface area contributed by atoms with Crippen molar-refractivity contribution in [3.63, 3.8) is 0 Å². The molecule has 4 rings (SSSR count). The van der Waals surface area contributed by atoms with Crippen LogP contribution in [0.1, 0.15) is 92.4 Å². The van der Waals surface area contributed by atoms with Crippen molar-refractivity contribution in [2.45, 2.75) is 98.5 Å². The molecule has 2 heteroatoms. The maximum Gasteiger partial charge on any atom is 0.0568 e. The number of aliphatic hydroxyl groups excluding tert-OH is 2. The first kappa shape index (κ1) is 19.2. The third-order valence-electron chi connectivity index (χ3n) is 11.0. The molecule has 0 saturated heterocycles.